The van der Waals surface area contributed by atoms with Gasteiger partial charge in [0, 0.05) is 0 Å². The quantitative estimate of drug-likeness (QED) is 0.925. The zero-order chi connectivity index (χ0) is 15.4. The summed E-state index contributed by atoms with van der Waals surface area (Å²) in [7, 11) is 1.45. The van der Waals surface area contributed by atoms with E-state index in [9.17, 15) is 4.79 Å². The number of nitrogens with one attached hydrogen (secondary N) is 1. The third kappa shape index (κ3) is 3.10. The van der Waals surface area contributed by atoms with Crippen LogP contribution in [0.5, 0.6) is 5.75 Å². The molecule has 106 valence electrons. The summed E-state index contributed by atoms with van der Waals surface area (Å²) in [6.45, 7) is 0. The molecule has 0 saturated carbocycles. The Morgan fingerprint density at radius 2 is 1.81 bits per heavy atom. The summed E-state index contributed by atoms with van der Waals surface area (Å²) in [5.41, 5.74) is 0.713. The summed E-state index contributed by atoms with van der Waals surface area (Å²) >= 11 is 12.0. The number of rotatable bonds is 3. The average molecular weight is 321 g/mol. The van der Waals surface area contributed by atoms with Gasteiger partial charge in [0.05, 0.1) is 28.3 Å². The number of carbonyl (C=O) groups excluding carboxylic acids is 1. The van der Waals surface area contributed by atoms with E-state index < -0.39 is 5.91 Å². The fraction of sp³-hybridized carbons (Fsp3) is 0.0667. The predicted octanol–water partition coefficient (Wildman–Crippen LogP) is 4.13. The van der Waals surface area contributed by atoms with Crippen molar-refractivity contribution in [3.05, 3.63) is 57.6 Å². The van der Waals surface area contributed by atoms with Gasteiger partial charge in [0.25, 0.3) is 5.91 Å². The number of halogens is 2. The lowest BCUT2D eigenvalue weighted by molar-refractivity contribution is 0.102. The van der Waals surface area contributed by atoms with E-state index in [0.717, 1.165) is 0 Å². The maximum absolute atomic E-state index is 12.3. The Labute approximate surface area is 131 Å². The Morgan fingerprint density at radius 1 is 1.19 bits per heavy atom. The molecule has 0 aliphatic heterocycles. The van der Waals surface area contributed by atoms with Gasteiger partial charge in [-0.3, -0.25) is 4.79 Å². The Balaban J connectivity index is 2.44. The number of ether oxygens (including phenoxy) is 1. The highest BCUT2D eigenvalue weighted by Crippen LogP contribution is 2.30. The number of nitrogens with zero attached hydrogens (tertiary/aromatic N) is 1. The van der Waals surface area contributed by atoms with Gasteiger partial charge in [-0.15, -0.1) is 0 Å². The van der Waals surface area contributed by atoms with E-state index in [-0.39, 0.29) is 26.9 Å². The van der Waals surface area contributed by atoms with Crippen LogP contribution >= 0.6 is 23.2 Å². The lowest BCUT2D eigenvalue weighted by atomic mass is 10.1. The summed E-state index contributed by atoms with van der Waals surface area (Å²) in [6.07, 6.45) is 0. The molecule has 2 rings (SSSR count). The van der Waals surface area contributed by atoms with Crippen LogP contribution in [0.15, 0.2) is 36.4 Å². The monoisotopic (exact) mass is 320 g/mol. The molecule has 0 spiro atoms. The van der Waals surface area contributed by atoms with E-state index in [0.29, 0.717) is 5.75 Å². The van der Waals surface area contributed by atoms with Crippen LogP contribution in [0.4, 0.5) is 5.69 Å². The molecular formula is C15H10Cl2N2O2. The molecule has 4 nitrogen and oxygen atoms in total. The van der Waals surface area contributed by atoms with Crippen molar-refractivity contribution in [3.63, 3.8) is 0 Å². The van der Waals surface area contributed by atoms with Crippen molar-refractivity contribution in [2.45, 2.75) is 0 Å². The predicted molar refractivity (Wildman–Crippen MR) is 82.1 cm³/mol. The van der Waals surface area contributed by atoms with Gasteiger partial charge in [-0.1, -0.05) is 35.3 Å². The lowest BCUT2D eigenvalue weighted by Crippen LogP contribution is -2.15. The molecule has 1 amide bonds. The second kappa shape index (κ2) is 6.49. The van der Waals surface area contributed by atoms with Crippen molar-refractivity contribution in [2.75, 3.05) is 12.4 Å². The van der Waals surface area contributed by atoms with E-state index in [1.165, 1.54) is 7.11 Å². The number of benzene rings is 2. The Bertz CT molecular complexity index is 719. The number of para-hydroxylation sites is 1. The first-order valence-corrected chi connectivity index (χ1v) is 6.66. The van der Waals surface area contributed by atoms with Gasteiger partial charge in [-0.05, 0) is 24.3 Å². The first-order chi connectivity index (χ1) is 10.1. The zero-order valence-electron chi connectivity index (χ0n) is 11.0. The molecular weight excluding hydrogens is 311 g/mol. The summed E-state index contributed by atoms with van der Waals surface area (Å²) < 4.78 is 5.15. The van der Waals surface area contributed by atoms with Gasteiger partial charge >= 0.3 is 0 Å². The smallest absolute Gasteiger partial charge is 0.258 e. The Kier molecular flexibility index (Phi) is 4.69. The Morgan fingerprint density at radius 3 is 2.38 bits per heavy atom. The number of hydrogen-bond acceptors (Lipinski definition) is 3. The van der Waals surface area contributed by atoms with Crippen LogP contribution in [-0.4, -0.2) is 13.0 Å². The van der Waals surface area contributed by atoms with E-state index in [1.54, 1.807) is 36.4 Å². The van der Waals surface area contributed by atoms with Crippen LogP contribution in [0.25, 0.3) is 0 Å². The fourth-order valence-electron chi connectivity index (χ4n) is 1.81. The van der Waals surface area contributed by atoms with Crippen molar-refractivity contribution in [1.29, 1.82) is 5.26 Å². The summed E-state index contributed by atoms with van der Waals surface area (Å²) in [6, 6.07) is 11.7. The molecule has 0 aliphatic carbocycles. The lowest BCUT2D eigenvalue weighted by Gasteiger charge is -2.13. The number of anilines is 1. The average Bonchev–Trinajstić information content (AvgIpc) is 2.47. The Hall–Kier alpha value is -2.22. The maximum atomic E-state index is 12.3. The topological polar surface area (TPSA) is 62.1 Å². The molecule has 21 heavy (non-hydrogen) atoms. The molecule has 0 saturated heterocycles. The molecule has 0 aromatic heterocycles. The van der Waals surface area contributed by atoms with Gasteiger partial charge in [0.2, 0.25) is 0 Å². The van der Waals surface area contributed by atoms with Crippen LogP contribution < -0.4 is 10.1 Å². The van der Waals surface area contributed by atoms with Crippen LogP contribution in [0.1, 0.15) is 15.9 Å². The van der Waals surface area contributed by atoms with Crippen molar-refractivity contribution >= 4 is 34.8 Å². The summed E-state index contributed by atoms with van der Waals surface area (Å²) in [5.74, 6) is -0.128. The SMILES string of the molecule is COc1cccc(C#N)c1NC(=O)c1c(Cl)cccc1Cl. The van der Waals surface area contributed by atoms with Crippen LogP contribution in [0.3, 0.4) is 0 Å². The minimum Gasteiger partial charge on any atom is -0.495 e. The molecule has 0 aliphatic rings. The minimum absolute atomic E-state index is 0.149. The third-order valence-electron chi connectivity index (χ3n) is 2.79. The molecule has 0 radical (unpaired) electrons. The van der Waals surface area contributed by atoms with E-state index >= 15 is 0 Å². The molecule has 2 aromatic carbocycles. The van der Waals surface area contributed by atoms with Crippen LogP contribution in [-0.2, 0) is 0 Å². The first kappa shape index (κ1) is 15.2. The van der Waals surface area contributed by atoms with Gasteiger partial charge in [-0.2, -0.15) is 5.26 Å². The van der Waals surface area contributed by atoms with Crippen molar-refractivity contribution in [3.8, 4) is 11.8 Å². The molecule has 0 unspecified atom stereocenters. The zero-order valence-corrected chi connectivity index (χ0v) is 12.5. The maximum Gasteiger partial charge on any atom is 0.258 e. The van der Waals surface area contributed by atoms with Crippen molar-refractivity contribution in [1.82, 2.24) is 0 Å². The highest BCUT2D eigenvalue weighted by Gasteiger charge is 2.18. The number of methoxy groups -OCH3 is 1. The second-order valence-corrected chi connectivity index (χ2v) is 4.86. The number of nitriles is 1. The van der Waals surface area contributed by atoms with Gasteiger partial charge in [0.15, 0.2) is 0 Å². The molecule has 0 heterocycles. The van der Waals surface area contributed by atoms with E-state index in [2.05, 4.69) is 5.32 Å². The van der Waals surface area contributed by atoms with Gasteiger partial charge < -0.3 is 10.1 Å². The normalized spacial score (nSPS) is 9.81. The second-order valence-electron chi connectivity index (χ2n) is 4.05. The molecule has 0 bridgehead atoms. The molecule has 0 fully saturated rings. The highest BCUT2D eigenvalue weighted by molar-refractivity contribution is 6.40. The molecule has 2 aromatic rings. The van der Waals surface area contributed by atoms with Crippen LogP contribution in [0.2, 0.25) is 10.0 Å². The van der Waals surface area contributed by atoms with Gasteiger partial charge in [0.1, 0.15) is 17.5 Å². The largest absolute Gasteiger partial charge is 0.495 e. The van der Waals surface area contributed by atoms with E-state index in [1.807, 2.05) is 6.07 Å². The fourth-order valence-corrected chi connectivity index (χ4v) is 2.38. The third-order valence-corrected chi connectivity index (χ3v) is 3.42. The number of amides is 1. The first-order valence-electron chi connectivity index (χ1n) is 5.91. The van der Waals surface area contributed by atoms with Crippen LogP contribution in [0, 0.1) is 11.3 Å². The standard InChI is InChI=1S/C15H10Cl2N2O2/c1-21-12-7-2-4-9(8-18)14(12)19-15(20)13-10(16)5-3-6-11(13)17/h2-7H,1H3,(H,19,20). The highest BCUT2D eigenvalue weighted by atomic mass is 35.5. The number of hydrogen-bond donors (Lipinski definition) is 1. The molecule has 1 N–H and O–H groups in total. The molecule has 6 heteroatoms. The molecule has 0 atom stereocenters. The summed E-state index contributed by atoms with van der Waals surface area (Å²) in [4.78, 5) is 12.3. The van der Waals surface area contributed by atoms with Crippen molar-refractivity contribution < 1.29 is 9.53 Å². The minimum atomic E-state index is -0.508. The summed E-state index contributed by atoms with van der Waals surface area (Å²) in [5, 5.41) is 12.2. The van der Waals surface area contributed by atoms with Crippen molar-refractivity contribution in [2.24, 2.45) is 0 Å². The number of carbonyl (C=O) groups is 1. The van der Waals surface area contributed by atoms with E-state index in [4.69, 9.17) is 33.2 Å². The van der Waals surface area contributed by atoms with Gasteiger partial charge in [-0.25, -0.2) is 0 Å².